The fourth-order valence-corrected chi connectivity index (χ4v) is 1.55. The van der Waals surface area contributed by atoms with E-state index in [0.29, 0.717) is 21.6 Å². The number of aromatic nitrogens is 3. The van der Waals surface area contributed by atoms with Gasteiger partial charge in [0.2, 0.25) is 0 Å². The SMILES string of the molecule is Nc1c(Cl)cc(-c2ncn[nH]2)cc1Cl. The van der Waals surface area contributed by atoms with E-state index in [4.69, 9.17) is 28.9 Å². The van der Waals surface area contributed by atoms with Crippen LogP contribution in [0, 0.1) is 0 Å². The molecular weight excluding hydrogens is 223 g/mol. The zero-order chi connectivity index (χ0) is 10.1. The molecule has 0 aliphatic carbocycles. The number of hydrogen-bond acceptors (Lipinski definition) is 3. The third-order valence-corrected chi connectivity index (χ3v) is 2.39. The van der Waals surface area contributed by atoms with E-state index in [9.17, 15) is 0 Å². The molecule has 0 saturated heterocycles. The summed E-state index contributed by atoms with van der Waals surface area (Å²) in [6.07, 6.45) is 1.41. The van der Waals surface area contributed by atoms with Gasteiger partial charge < -0.3 is 5.73 Å². The molecule has 4 nitrogen and oxygen atoms in total. The molecule has 2 aromatic rings. The first-order chi connectivity index (χ1) is 6.68. The molecule has 0 aliphatic rings. The van der Waals surface area contributed by atoms with E-state index in [-0.39, 0.29) is 0 Å². The van der Waals surface area contributed by atoms with Crippen molar-refractivity contribution in [3.05, 3.63) is 28.5 Å². The lowest BCUT2D eigenvalue weighted by molar-refractivity contribution is 1.10. The van der Waals surface area contributed by atoms with Gasteiger partial charge in [0.05, 0.1) is 15.7 Å². The summed E-state index contributed by atoms with van der Waals surface area (Å²) < 4.78 is 0. The summed E-state index contributed by atoms with van der Waals surface area (Å²) in [5.41, 5.74) is 6.72. The highest BCUT2D eigenvalue weighted by atomic mass is 35.5. The minimum Gasteiger partial charge on any atom is -0.396 e. The van der Waals surface area contributed by atoms with Gasteiger partial charge in [-0.2, -0.15) is 5.10 Å². The first kappa shape index (κ1) is 9.30. The van der Waals surface area contributed by atoms with Gasteiger partial charge in [-0.1, -0.05) is 23.2 Å². The molecule has 3 N–H and O–H groups in total. The molecule has 0 atom stereocenters. The van der Waals surface area contributed by atoms with Crippen molar-refractivity contribution in [1.29, 1.82) is 0 Å². The molecule has 0 radical (unpaired) electrons. The molecule has 0 saturated carbocycles. The topological polar surface area (TPSA) is 67.6 Å². The van der Waals surface area contributed by atoms with Gasteiger partial charge in [-0.25, -0.2) is 4.98 Å². The van der Waals surface area contributed by atoms with Crippen LogP contribution >= 0.6 is 23.2 Å². The second-order valence-corrected chi connectivity index (χ2v) is 3.50. The largest absolute Gasteiger partial charge is 0.396 e. The summed E-state index contributed by atoms with van der Waals surface area (Å²) in [7, 11) is 0. The minimum absolute atomic E-state index is 0.372. The number of nitrogens with zero attached hydrogens (tertiary/aromatic N) is 2. The zero-order valence-corrected chi connectivity index (χ0v) is 8.47. The van der Waals surface area contributed by atoms with Crippen LogP contribution in [0.1, 0.15) is 0 Å². The Hall–Kier alpha value is -1.26. The van der Waals surface area contributed by atoms with Crippen LogP contribution in [0.15, 0.2) is 18.5 Å². The fraction of sp³-hybridized carbons (Fsp3) is 0. The van der Waals surface area contributed by atoms with Crippen LogP contribution in [0.5, 0.6) is 0 Å². The van der Waals surface area contributed by atoms with E-state index in [1.807, 2.05) is 0 Å². The molecule has 6 heteroatoms. The number of aromatic amines is 1. The van der Waals surface area contributed by atoms with Gasteiger partial charge >= 0.3 is 0 Å². The lowest BCUT2D eigenvalue weighted by Crippen LogP contribution is -1.89. The van der Waals surface area contributed by atoms with Crippen molar-refractivity contribution >= 4 is 28.9 Å². The van der Waals surface area contributed by atoms with Gasteiger partial charge in [-0.05, 0) is 12.1 Å². The molecule has 72 valence electrons. The molecule has 0 fully saturated rings. The summed E-state index contributed by atoms with van der Waals surface area (Å²) in [5.74, 6) is 0.605. The molecule has 0 spiro atoms. The van der Waals surface area contributed by atoms with Crippen molar-refractivity contribution in [2.45, 2.75) is 0 Å². The van der Waals surface area contributed by atoms with Gasteiger partial charge in [0, 0.05) is 5.56 Å². The maximum Gasteiger partial charge on any atom is 0.155 e. The summed E-state index contributed by atoms with van der Waals surface area (Å²) in [6.45, 7) is 0. The average Bonchev–Trinajstić information content (AvgIpc) is 2.66. The smallest absolute Gasteiger partial charge is 0.155 e. The van der Waals surface area contributed by atoms with E-state index < -0.39 is 0 Å². The highest BCUT2D eigenvalue weighted by Crippen LogP contribution is 2.31. The Labute approximate surface area is 90.1 Å². The number of halogens is 2. The van der Waals surface area contributed by atoms with Crippen LogP contribution in [0.25, 0.3) is 11.4 Å². The van der Waals surface area contributed by atoms with Gasteiger partial charge in [0.1, 0.15) is 6.33 Å². The number of H-pyrrole nitrogens is 1. The Morgan fingerprint density at radius 2 is 1.86 bits per heavy atom. The van der Waals surface area contributed by atoms with Crippen molar-refractivity contribution in [1.82, 2.24) is 15.2 Å². The van der Waals surface area contributed by atoms with E-state index in [0.717, 1.165) is 5.56 Å². The standard InChI is InChI=1S/C8H6Cl2N4/c9-5-1-4(2-6(10)7(5)11)8-12-3-13-14-8/h1-3H,11H2,(H,12,13,14). The Kier molecular flexibility index (Phi) is 2.31. The molecule has 0 amide bonds. The van der Waals surface area contributed by atoms with E-state index >= 15 is 0 Å². The first-order valence-corrected chi connectivity index (χ1v) is 4.54. The Morgan fingerprint density at radius 1 is 1.21 bits per heavy atom. The molecule has 1 aromatic heterocycles. The molecule has 14 heavy (non-hydrogen) atoms. The maximum absolute atomic E-state index is 5.86. The lowest BCUT2D eigenvalue weighted by atomic mass is 10.2. The summed E-state index contributed by atoms with van der Waals surface area (Å²) in [6, 6.07) is 3.37. The number of nitrogen functional groups attached to an aromatic ring is 1. The monoisotopic (exact) mass is 228 g/mol. The summed E-state index contributed by atoms with van der Waals surface area (Å²) >= 11 is 11.7. The van der Waals surface area contributed by atoms with Gasteiger partial charge in [0.15, 0.2) is 5.82 Å². The Balaban J connectivity index is 2.57. The minimum atomic E-state index is 0.372. The number of rotatable bonds is 1. The molecular formula is C8H6Cl2N4. The average molecular weight is 229 g/mol. The highest BCUT2D eigenvalue weighted by molar-refractivity contribution is 6.39. The van der Waals surface area contributed by atoms with Crippen LogP contribution in [0.3, 0.4) is 0 Å². The number of anilines is 1. The van der Waals surface area contributed by atoms with Crippen LogP contribution in [0.2, 0.25) is 10.0 Å². The normalized spacial score (nSPS) is 10.4. The second-order valence-electron chi connectivity index (χ2n) is 2.69. The Morgan fingerprint density at radius 3 is 2.36 bits per heavy atom. The molecule has 2 rings (SSSR count). The molecule has 1 heterocycles. The quantitative estimate of drug-likeness (QED) is 0.737. The third-order valence-electron chi connectivity index (χ3n) is 1.77. The molecule has 0 bridgehead atoms. The van der Waals surface area contributed by atoms with Crippen LogP contribution in [-0.2, 0) is 0 Å². The van der Waals surface area contributed by atoms with Crippen molar-refractivity contribution < 1.29 is 0 Å². The van der Waals surface area contributed by atoms with E-state index in [1.165, 1.54) is 6.33 Å². The van der Waals surface area contributed by atoms with Crippen molar-refractivity contribution in [2.75, 3.05) is 5.73 Å². The third kappa shape index (κ3) is 1.54. The van der Waals surface area contributed by atoms with Crippen LogP contribution in [0.4, 0.5) is 5.69 Å². The summed E-state index contributed by atoms with van der Waals surface area (Å²) in [5, 5.41) is 7.25. The number of benzene rings is 1. The number of nitrogens with two attached hydrogens (primary N) is 1. The Bertz CT molecular complexity index is 429. The zero-order valence-electron chi connectivity index (χ0n) is 6.96. The number of hydrogen-bond donors (Lipinski definition) is 2. The predicted octanol–water partition coefficient (Wildman–Crippen LogP) is 2.36. The second kappa shape index (κ2) is 3.48. The molecule has 0 unspecified atom stereocenters. The van der Waals surface area contributed by atoms with Crippen LogP contribution in [-0.4, -0.2) is 15.2 Å². The van der Waals surface area contributed by atoms with E-state index in [1.54, 1.807) is 12.1 Å². The number of nitrogens with one attached hydrogen (secondary N) is 1. The van der Waals surface area contributed by atoms with Gasteiger partial charge in [0.25, 0.3) is 0 Å². The first-order valence-electron chi connectivity index (χ1n) is 3.78. The van der Waals surface area contributed by atoms with E-state index in [2.05, 4.69) is 15.2 Å². The van der Waals surface area contributed by atoms with Crippen molar-refractivity contribution in [2.24, 2.45) is 0 Å². The fourth-order valence-electron chi connectivity index (χ4n) is 1.07. The van der Waals surface area contributed by atoms with Crippen molar-refractivity contribution in [3.63, 3.8) is 0 Å². The lowest BCUT2D eigenvalue weighted by Gasteiger charge is -2.03. The van der Waals surface area contributed by atoms with Gasteiger partial charge in [-0.15, -0.1) is 0 Å². The van der Waals surface area contributed by atoms with Crippen molar-refractivity contribution in [3.8, 4) is 11.4 Å². The maximum atomic E-state index is 5.86. The van der Waals surface area contributed by atoms with Crippen LogP contribution < -0.4 is 5.73 Å². The summed E-state index contributed by atoms with van der Waals surface area (Å²) in [4.78, 5) is 3.97. The highest BCUT2D eigenvalue weighted by Gasteiger charge is 2.07. The molecule has 1 aromatic carbocycles. The predicted molar refractivity (Wildman–Crippen MR) is 56.3 cm³/mol. The molecule has 0 aliphatic heterocycles. The van der Waals surface area contributed by atoms with Gasteiger partial charge in [-0.3, -0.25) is 5.10 Å².